The average molecular weight is 264 g/mol. The highest BCUT2D eigenvalue weighted by Crippen LogP contribution is 2.14. The second kappa shape index (κ2) is 5.85. The summed E-state index contributed by atoms with van der Waals surface area (Å²) in [6.07, 6.45) is 6.57. The van der Waals surface area contributed by atoms with Crippen LogP contribution in [0.4, 0.5) is 0 Å². The van der Waals surface area contributed by atoms with Gasteiger partial charge in [0.2, 0.25) is 0 Å². The van der Waals surface area contributed by atoms with Crippen LogP contribution < -0.4 is 0 Å². The highest BCUT2D eigenvalue weighted by atomic mass is 35.5. The largest absolute Gasteiger partial charge is 0.244 e. The van der Waals surface area contributed by atoms with Gasteiger partial charge in [-0.15, -0.1) is 0 Å². The Labute approximate surface area is 111 Å². The number of halogens is 2. The van der Waals surface area contributed by atoms with E-state index in [2.05, 4.69) is 11.1 Å². The van der Waals surface area contributed by atoms with E-state index in [0.29, 0.717) is 5.15 Å². The molecule has 0 spiro atoms. The van der Waals surface area contributed by atoms with Gasteiger partial charge in [0, 0.05) is 11.2 Å². The highest BCUT2D eigenvalue weighted by molar-refractivity contribution is 6.30. The second-order valence-electron chi connectivity index (χ2n) is 3.61. The Morgan fingerprint density at radius 1 is 1.06 bits per heavy atom. The van der Waals surface area contributed by atoms with E-state index in [0.717, 1.165) is 22.6 Å². The number of pyridine rings is 1. The minimum absolute atomic E-state index is 0.563. The Morgan fingerprint density at radius 3 is 2.53 bits per heavy atom. The molecule has 0 fully saturated rings. The third-order valence-electron chi connectivity index (χ3n) is 2.35. The number of nitrogens with zero attached hydrogens (tertiary/aromatic N) is 1. The van der Waals surface area contributed by atoms with Gasteiger partial charge in [-0.1, -0.05) is 53.6 Å². The number of benzene rings is 1. The van der Waals surface area contributed by atoms with Crippen molar-refractivity contribution in [3.8, 4) is 0 Å². The van der Waals surface area contributed by atoms with Crippen LogP contribution in [0.2, 0.25) is 10.2 Å². The first-order valence-corrected chi connectivity index (χ1v) is 6.03. The number of hydrogen-bond donors (Lipinski definition) is 0. The first kappa shape index (κ1) is 12.2. The molecule has 1 heterocycles. The molecule has 2 rings (SSSR count). The molecule has 1 nitrogen and oxygen atoms in total. The average Bonchev–Trinajstić information content (AvgIpc) is 2.34. The zero-order valence-corrected chi connectivity index (χ0v) is 10.6. The molecule has 0 bridgehead atoms. The summed E-state index contributed by atoms with van der Waals surface area (Å²) in [5.74, 6) is 0. The minimum atomic E-state index is 0.563. The molecular formula is C14H11Cl2N. The quantitative estimate of drug-likeness (QED) is 0.735. The van der Waals surface area contributed by atoms with Gasteiger partial charge >= 0.3 is 0 Å². The predicted octanol–water partition coefficient (Wildman–Crippen LogP) is 4.64. The smallest absolute Gasteiger partial charge is 0.132 e. The summed E-state index contributed by atoms with van der Waals surface area (Å²) in [7, 11) is 0. The number of rotatable bonds is 3. The molecule has 0 N–H and O–H groups in total. The topological polar surface area (TPSA) is 12.9 Å². The van der Waals surface area contributed by atoms with Gasteiger partial charge < -0.3 is 0 Å². The minimum Gasteiger partial charge on any atom is -0.244 e. The molecule has 0 aliphatic heterocycles. The maximum atomic E-state index is 5.96. The molecular weight excluding hydrogens is 253 g/mol. The fourth-order valence-corrected chi connectivity index (χ4v) is 1.79. The summed E-state index contributed by atoms with van der Waals surface area (Å²) >= 11 is 11.8. The summed E-state index contributed by atoms with van der Waals surface area (Å²) in [4.78, 5) is 4.03. The summed E-state index contributed by atoms with van der Waals surface area (Å²) in [6, 6.07) is 11.6. The maximum Gasteiger partial charge on any atom is 0.132 e. The van der Waals surface area contributed by atoms with E-state index in [9.17, 15) is 0 Å². The van der Waals surface area contributed by atoms with E-state index in [-0.39, 0.29) is 0 Å². The van der Waals surface area contributed by atoms with E-state index < -0.39 is 0 Å². The van der Waals surface area contributed by atoms with E-state index >= 15 is 0 Å². The van der Waals surface area contributed by atoms with E-state index in [4.69, 9.17) is 23.2 Å². The van der Waals surface area contributed by atoms with Crippen LogP contribution in [0.25, 0.3) is 6.08 Å². The van der Waals surface area contributed by atoms with Gasteiger partial charge in [-0.25, -0.2) is 4.98 Å². The molecule has 1 aromatic carbocycles. The lowest BCUT2D eigenvalue weighted by molar-refractivity contribution is 1.19. The van der Waals surface area contributed by atoms with Crippen LogP contribution in [0.5, 0.6) is 0 Å². The van der Waals surface area contributed by atoms with Crippen LogP contribution in [-0.4, -0.2) is 4.98 Å². The van der Waals surface area contributed by atoms with Crippen LogP contribution in [0.15, 0.2) is 48.7 Å². The van der Waals surface area contributed by atoms with Gasteiger partial charge in [-0.2, -0.15) is 0 Å². The van der Waals surface area contributed by atoms with Crippen LogP contribution in [0, 0.1) is 0 Å². The van der Waals surface area contributed by atoms with Crippen LogP contribution in [0.1, 0.15) is 11.1 Å². The molecule has 3 heteroatoms. The molecule has 0 radical (unpaired) electrons. The Kier molecular flexibility index (Phi) is 4.18. The van der Waals surface area contributed by atoms with Crippen molar-refractivity contribution in [3.05, 3.63) is 70.0 Å². The summed E-state index contributed by atoms with van der Waals surface area (Å²) in [5.41, 5.74) is 2.15. The molecule has 0 atom stereocenters. The van der Waals surface area contributed by atoms with Crippen LogP contribution in [0.3, 0.4) is 0 Å². The monoisotopic (exact) mass is 263 g/mol. The molecule has 86 valence electrons. The van der Waals surface area contributed by atoms with Gasteiger partial charge in [0.15, 0.2) is 0 Å². The van der Waals surface area contributed by atoms with Crippen molar-refractivity contribution in [2.24, 2.45) is 0 Å². The van der Waals surface area contributed by atoms with Crippen molar-refractivity contribution in [2.45, 2.75) is 6.42 Å². The number of allylic oxidation sites excluding steroid dienone is 1. The molecule has 0 saturated heterocycles. The molecule has 17 heavy (non-hydrogen) atoms. The maximum absolute atomic E-state index is 5.96. The van der Waals surface area contributed by atoms with Crippen molar-refractivity contribution in [1.82, 2.24) is 4.98 Å². The Balaban J connectivity index is 2.03. The SMILES string of the molecule is Clc1ccc(C=CCc2cccnc2Cl)cc1. The molecule has 0 aliphatic rings. The third kappa shape index (κ3) is 3.58. The molecule has 1 aromatic heterocycles. The normalized spacial score (nSPS) is 10.9. The molecule has 0 aliphatic carbocycles. The zero-order chi connectivity index (χ0) is 12.1. The second-order valence-corrected chi connectivity index (χ2v) is 4.41. The van der Waals surface area contributed by atoms with Gasteiger partial charge in [-0.3, -0.25) is 0 Å². The fourth-order valence-electron chi connectivity index (χ4n) is 1.47. The summed E-state index contributed by atoms with van der Waals surface area (Å²) < 4.78 is 0. The first-order chi connectivity index (χ1) is 8.25. The molecule has 0 saturated carbocycles. The van der Waals surface area contributed by atoms with E-state index in [1.165, 1.54) is 0 Å². The summed E-state index contributed by atoms with van der Waals surface area (Å²) in [6.45, 7) is 0. The lowest BCUT2D eigenvalue weighted by Gasteiger charge is -1.98. The van der Waals surface area contributed by atoms with Gasteiger partial charge in [0.1, 0.15) is 5.15 Å². The number of aromatic nitrogens is 1. The Bertz CT molecular complexity index is 518. The third-order valence-corrected chi connectivity index (χ3v) is 2.95. The molecule has 2 aromatic rings. The number of hydrogen-bond acceptors (Lipinski definition) is 1. The van der Waals surface area contributed by atoms with Crippen molar-refractivity contribution in [3.63, 3.8) is 0 Å². The van der Waals surface area contributed by atoms with Gasteiger partial charge in [-0.05, 0) is 35.7 Å². The lowest BCUT2D eigenvalue weighted by atomic mass is 10.1. The summed E-state index contributed by atoms with van der Waals surface area (Å²) in [5, 5.41) is 1.31. The zero-order valence-electron chi connectivity index (χ0n) is 9.11. The van der Waals surface area contributed by atoms with Crippen molar-refractivity contribution < 1.29 is 0 Å². The fraction of sp³-hybridized carbons (Fsp3) is 0.0714. The van der Waals surface area contributed by atoms with Crippen molar-refractivity contribution in [1.29, 1.82) is 0 Å². The van der Waals surface area contributed by atoms with Crippen LogP contribution in [-0.2, 0) is 6.42 Å². The molecule has 0 unspecified atom stereocenters. The Hall–Kier alpha value is -1.31. The van der Waals surface area contributed by atoms with Gasteiger partial charge in [0.05, 0.1) is 0 Å². The van der Waals surface area contributed by atoms with Gasteiger partial charge in [0.25, 0.3) is 0 Å². The van der Waals surface area contributed by atoms with Crippen LogP contribution >= 0.6 is 23.2 Å². The van der Waals surface area contributed by atoms with E-state index in [1.807, 2.05) is 42.5 Å². The first-order valence-electron chi connectivity index (χ1n) is 5.27. The lowest BCUT2D eigenvalue weighted by Crippen LogP contribution is -1.85. The van der Waals surface area contributed by atoms with Crippen molar-refractivity contribution >= 4 is 29.3 Å². The highest BCUT2D eigenvalue weighted by Gasteiger charge is 1.96. The predicted molar refractivity (Wildman–Crippen MR) is 73.4 cm³/mol. The van der Waals surface area contributed by atoms with Crippen molar-refractivity contribution in [2.75, 3.05) is 0 Å². The Morgan fingerprint density at radius 2 is 1.82 bits per heavy atom. The van der Waals surface area contributed by atoms with E-state index in [1.54, 1.807) is 6.20 Å². The molecule has 0 amide bonds. The standard InChI is InChI=1S/C14H11Cl2N/c15-13-8-6-11(7-9-13)3-1-4-12-5-2-10-17-14(12)16/h1-3,5-10H,4H2.